The third kappa shape index (κ3) is 4.92. The van der Waals surface area contributed by atoms with Crippen LogP contribution in [0.2, 0.25) is 0 Å². The Labute approximate surface area is 202 Å². The number of rotatable bonds is 7. The molecule has 1 aliphatic rings. The van der Waals surface area contributed by atoms with Crippen LogP contribution >= 0.6 is 0 Å². The topological polar surface area (TPSA) is 79.2 Å². The van der Waals surface area contributed by atoms with E-state index >= 15 is 0 Å². The minimum absolute atomic E-state index is 0.0337. The molecule has 1 fully saturated rings. The average Bonchev–Trinajstić information content (AvgIpc) is 3.15. The van der Waals surface area contributed by atoms with Crippen LogP contribution in [0.5, 0.6) is 0 Å². The Morgan fingerprint density at radius 2 is 1.88 bits per heavy atom. The fourth-order valence-corrected chi connectivity index (χ4v) is 4.92. The lowest BCUT2D eigenvalue weighted by Crippen LogP contribution is -2.46. The number of nitrogens with one attached hydrogen (secondary N) is 1. The van der Waals surface area contributed by atoms with Gasteiger partial charge in [-0.05, 0) is 79.7 Å². The molecule has 1 amide bonds. The first-order valence-corrected chi connectivity index (χ1v) is 12.2. The number of benzene rings is 1. The number of nitrogens with zero attached hydrogens (tertiary/aromatic N) is 6. The Kier molecular flexibility index (Phi) is 7.16. The number of hydrogen-bond acceptors (Lipinski definition) is 6. The Morgan fingerprint density at radius 1 is 1.15 bits per heavy atom. The third-order valence-corrected chi connectivity index (χ3v) is 6.86. The van der Waals surface area contributed by atoms with Crippen molar-refractivity contribution in [3.8, 4) is 5.69 Å². The number of hydrogen-bond donors (Lipinski definition) is 1. The third-order valence-electron chi connectivity index (χ3n) is 6.86. The van der Waals surface area contributed by atoms with Gasteiger partial charge in [0.2, 0.25) is 5.91 Å². The molecule has 0 spiro atoms. The highest BCUT2D eigenvalue weighted by atomic mass is 16.1. The van der Waals surface area contributed by atoms with Gasteiger partial charge in [0.05, 0.1) is 22.5 Å². The molecule has 182 valence electrons. The van der Waals surface area contributed by atoms with E-state index in [1.54, 1.807) is 0 Å². The fourth-order valence-electron chi connectivity index (χ4n) is 4.92. The Morgan fingerprint density at radius 3 is 2.56 bits per heavy atom. The van der Waals surface area contributed by atoms with Gasteiger partial charge in [0.25, 0.3) is 0 Å². The summed E-state index contributed by atoms with van der Waals surface area (Å²) in [6.07, 6.45) is 2.57. The summed E-state index contributed by atoms with van der Waals surface area (Å²) in [5, 5.41) is 18.2. The summed E-state index contributed by atoms with van der Waals surface area (Å²) < 4.78 is 1.99. The van der Waals surface area contributed by atoms with E-state index in [0.29, 0.717) is 0 Å². The van der Waals surface area contributed by atoms with Gasteiger partial charge in [0.15, 0.2) is 5.82 Å². The highest BCUT2D eigenvalue weighted by molar-refractivity contribution is 5.92. The minimum Gasteiger partial charge on any atom is -0.356 e. The summed E-state index contributed by atoms with van der Waals surface area (Å²) in [4.78, 5) is 17.1. The second-order valence-electron chi connectivity index (χ2n) is 9.88. The number of fused-ring (bicyclic) bond motifs is 1. The maximum Gasteiger partial charge on any atom is 0.223 e. The van der Waals surface area contributed by atoms with Crippen molar-refractivity contribution in [2.75, 3.05) is 38.6 Å². The van der Waals surface area contributed by atoms with Crippen LogP contribution < -0.4 is 10.2 Å². The average molecular weight is 464 g/mol. The summed E-state index contributed by atoms with van der Waals surface area (Å²) in [6.45, 7) is 10.8. The molecule has 2 aromatic heterocycles. The molecule has 0 saturated carbocycles. The predicted octanol–water partition coefficient (Wildman–Crippen LogP) is 3.41. The molecule has 1 saturated heterocycles. The van der Waals surface area contributed by atoms with E-state index in [0.717, 1.165) is 72.7 Å². The number of carbonyl (C=O) groups is 1. The Balaban J connectivity index is 1.54. The molecule has 0 radical (unpaired) electrons. The lowest BCUT2D eigenvalue weighted by molar-refractivity contribution is -0.125. The zero-order valence-corrected chi connectivity index (χ0v) is 21.3. The molecule has 34 heavy (non-hydrogen) atoms. The van der Waals surface area contributed by atoms with Crippen LogP contribution in [0.25, 0.3) is 16.6 Å². The van der Waals surface area contributed by atoms with Gasteiger partial charge in [0.1, 0.15) is 5.52 Å². The first-order valence-electron chi connectivity index (χ1n) is 12.2. The Hall–Kier alpha value is -3.00. The zero-order chi connectivity index (χ0) is 24.4. The largest absolute Gasteiger partial charge is 0.356 e. The number of carbonyl (C=O) groups excluding carboxylic acids is 1. The summed E-state index contributed by atoms with van der Waals surface area (Å²) in [5.41, 5.74) is 5.07. The number of piperidine rings is 1. The van der Waals surface area contributed by atoms with E-state index < -0.39 is 0 Å². The highest BCUT2D eigenvalue weighted by Crippen LogP contribution is 2.33. The van der Waals surface area contributed by atoms with Crippen LogP contribution in [-0.2, 0) is 4.79 Å². The van der Waals surface area contributed by atoms with Gasteiger partial charge in [-0.3, -0.25) is 4.79 Å². The molecule has 0 unspecified atom stereocenters. The van der Waals surface area contributed by atoms with Crippen molar-refractivity contribution in [3.63, 3.8) is 0 Å². The van der Waals surface area contributed by atoms with Crippen LogP contribution in [0.3, 0.4) is 0 Å². The minimum atomic E-state index is 0.0337. The molecule has 0 aliphatic carbocycles. The molecule has 3 heterocycles. The smallest absolute Gasteiger partial charge is 0.223 e. The van der Waals surface area contributed by atoms with E-state index in [1.807, 2.05) is 11.6 Å². The molecule has 4 rings (SSSR count). The molecular weight excluding hydrogens is 426 g/mol. The summed E-state index contributed by atoms with van der Waals surface area (Å²) in [5.74, 6) is 1.02. The molecule has 0 bridgehead atoms. The van der Waals surface area contributed by atoms with Crippen molar-refractivity contribution in [3.05, 3.63) is 41.2 Å². The van der Waals surface area contributed by atoms with Crippen LogP contribution in [0.15, 0.2) is 24.3 Å². The Bertz CT molecular complexity index is 1150. The van der Waals surface area contributed by atoms with Crippen molar-refractivity contribution in [2.45, 2.75) is 53.0 Å². The number of aryl methyl sites for hydroxylation is 3. The van der Waals surface area contributed by atoms with Gasteiger partial charge in [-0.25, -0.2) is 4.68 Å². The van der Waals surface area contributed by atoms with Crippen LogP contribution in [-0.4, -0.2) is 70.6 Å². The molecule has 2 atom stereocenters. The molecule has 8 nitrogen and oxygen atoms in total. The molecule has 1 N–H and O–H groups in total. The lowest BCUT2D eigenvalue weighted by atomic mass is 9.90. The predicted molar refractivity (Wildman–Crippen MR) is 137 cm³/mol. The van der Waals surface area contributed by atoms with Crippen molar-refractivity contribution >= 4 is 22.6 Å². The van der Waals surface area contributed by atoms with Crippen molar-refractivity contribution < 1.29 is 4.79 Å². The highest BCUT2D eigenvalue weighted by Gasteiger charge is 2.32. The molecule has 3 aromatic rings. The van der Waals surface area contributed by atoms with Crippen LogP contribution in [0.4, 0.5) is 5.82 Å². The summed E-state index contributed by atoms with van der Waals surface area (Å²) in [6, 6.07) is 8.56. The normalized spacial score (nSPS) is 18.6. The second kappa shape index (κ2) is 10.1. The first kappa shape index (κ1) is 24.1. The second-order valence-corrected chi connectivity index (χ2v) is 9.88. The van der Waals surface area contributed by atoms with Crippen molar-refractivity contribution in [2.24, 2.45) is 5.92 Å². The number of aromatic nitrogens is 4. The maximum absolute atomic E-state index is 12.7. The lowest BCUT2D eigenvalue weighted by Gasteiger charge is -2.37. The van der Waals surface area contributed by atoms with Gasteiger partial charge >= 0.3 is 0 Å². The summed E-state index contributed by atoms with van der Waals surface area (Å²) in [7, 11) is 4.10. The first-order chi connectivity index (χ1) is 16.3. The van der Waals surface area contributed by atoms with E-state index in [-0.39, 0.29) is 17.9 Å². The number of amides is 1. The molecule has 1 aromatic carbocycles. The van der Waals surface area contributed by atoms with Gasteiger partial charge in [-0.1, -0.05) is 17.7 Å². The van der Waals surface area contributed by atoms with Crippen molar-refractivity contribution in [1.82, 2.24) is 30.2 Å². The standard InChI is InChI=1S/C26H37N7O/c1-17-8-10-22(11-9-17)33-20(4)23-19(3)28-29-25(24(23)30-33)32-15-12-21(16-18(32)2)26(34)27-13-7-14-31(5)6/h8-11,18,21H,7,12-16H2,1-6H3,(H,27,34)/t18-,21-/m1/s1. The van der Waals surface area contributed by atoms with E-state index in [1.165, 1.54) is 5.56 Å². The quantitative estimate of drug-likeness (QED) is 0.541. The van der Waals surface area contributed by atoms with E-state index in [9.17, 15) is 4.79 Å². The van der Waals surface area contributed by atoms with Gasteiger partial charge < -0.3 is 15.1 Å². The maximum atomic E-state index is 12.7. The molecular formula is C26H37N7O. The molecule has 1 aliphatic heterocycles. The zero-order valence-electron chi connectivity index (χ0n) is 21.3. The van der Waals surface area contributed by atoms with Gasteiger partial charge in [-0.2, -0.15) is 10.2 Å². The van der Waals surface area contributed by atoms with Crippen LogP contribution in [0, 0.1) is 26.7 Å². The molecule has 8 heteroatoms. The number of anilines is 1. The fraction of sp³-hybridized carbons (Fsp3) is 0.538. The van der Waals surface area contributed by atoms with E-state index in [2.05, 4.69) is 84.4 Å². The van der Waals surface area contributed by atoms with E-state index in [4.69, 9.17) is 5.10 Å². The van der Waals surface area contributed by atoms with Gasteiger partial charge in [0, 0.05) is 25.0 Å². The SMILES string of the molecule is Cc1ccc(-n2nc3c(N4CC[C@@H](C(=O)NCCCN(C)C)C[C@H]4C)nnc(C)c3c2C)cc1. The monoisotopic (exact) mass is 463 g/mol. The van der Waals surface area contributed by atoms with Crippen LogP contribution in [0.1, 0.15) is 43.1 Å². The summed E-state index contributed by atoms with van der Waals surface area (Å²) >= 11 is 0. The van der Waals surface area contributed by atoms with Gasteiger partial charge in [-0.15, -0.1) is 5.10 Å². The van der Waals surface area contributed by atoms with Crippen molar-refractivity contribution in [1.29, 1.82) is 0 Å².